The van der Waals surface area contributed by atoms with Crippen LogP contribution in [0, 0.1) is 6.92 Å². The van der Waals surface area contributed by atoms with Crippen LogP contribution in [-0.4, -0.2) is 22.2 Å². The van der Waals surface area contributed by atoms with E-state index in [1.54, 1.807) is 12.4 Å². The quantitative estimate of drug-likeness (QED) is 0.841. The van der Waals surface area contributed by atoms with E-state index in [9.17, 15) is 0 Å². The summed E-state index contributed by atoms with van der Waals surface area (Å²) in [6.45, 7) is 2.04. The van der Waals surface area contributed by atoms with Gasteiger partial charge in [0.1, 0.15) is 0 Å². The molecule has 0 saturated carbocycles. The smallest absolute Gasteiger partial charge is 0.0606 e. The van der Waals surface area contributed by atoms with E-state index in [0.717, 1.165) is 16.7 Å². The van der Waals surface area contributed by atoms with Crippen LogP contribution in [0.4, 0.5) is 0 Å². The summed E-state index contributed by atoms with van der Waals surface area (Å²) in [6, 6.07) is 4.19. The zero-order chi connectivity index (χ0) is 11.4. The molecule has 82 valence electrons. The summed E-state index contributed by atoms with van der Waals surface area (Å²) in [5.41, 5.74) is 3.38. The fourth-order valence-electron chi connectivity index (χ4n) is 1.73. The van der Waals surface area contributed by atoms with E-state index in [4.69, 9.17) is 0 Å². The molecular formula is C12H14N4. The summed E-state index contributed by atoms with van der Waals surface area (Å²) in [6.07, 6.45) is 7.18. The monoisotopic (exact) mass is 214 g/mol. The molecule has 0 aliphatic heterocycles. The Morgan fingerprint density at radius 1 is 1.12 bits per heavy atom. The second-order valence-corrected chi connectivity index (χ2v) is 3.69. The van der Waals surface area contributed by atoms with Gasteiger partial charge in [-0.3, -0.25) is 4.98 Å². The fraction of sp³-hybridized carbons (Fsp3) is 0.250. The standard InChI is InChI=1S/C12H14N4/c1-9-5-11(7-14-6-9)12(13-2)10-3-4-15-16-8-10/h3-8,12-13H,1-2H3. The third-order valence-electron chi connectivity index (χ3n) is 2.46. The normalized spacial score (nSPS) is 12.4. The van der Waals surface area contributed by atoms with Gasteiger partial charge in [0, 0.05) is 18.6 Å². The maximum Gasteiger partial charge on any atom is 0.0606 e. The van der Waals surface area contributed by atoms with Crippen molar-refractivity contribution in [3.05, 3.63) is 53.6 Å². The number of aromatic nitrogens is 3. The molecule has 16 heavy (non-hydrogen) atoms. The number of hydrogen-bond donors (Lipinski definition) is 1. The SMILES string of the molecule is CNC(c1ccnnc1)c1cncc(C)c1. The maximum absolute atomic E-state index is 4.20. The van der Waals surface area contributed by atoms with Crippen LogP contribution < -0.4 is 5.32 Å². The minimum Gasteiger partial charge on any atom is -0.309 e. The largest absolute Gasteiger partial charge is 0.309 e. The van der Waals surface area contributed by atoms with E-state index in [1.807, 2.05) is 32.4 Å². The molecule has 1 N–H and O–H groups in total. The summed E-state index contributed by atoms with van der Waals surface area (Å²) in [5.74, 6) is 0. The first kappa shape index (κ1) is 10.7. The van der Waals surface area contributed by atoms with Crippen molar-refractivity contribution in [3.8, 4) is 0 Å². The predicted octanol–water partition coefficient (Wildman–Crippen LogP) is 1.49. The molecule has 0 aliphatic carbocycles. The molecule has 0 saturated heterocycles. The molecule has 2 aromatic heterocycles. The van der Waals surface area contributed by atoms with Crippen molar-refractivity contribution in [2.75, 3.05) is 7.05 Å². The van der Waals surface area contributed by atoms with Crippen molar-refractivity contribution < 1.29 is 0 Å². The molecular weight excluding hydrogens is 200 g/mol. The molecule has 4 heteroatoms. The maximum atomic E-state index is 4.20. The Labute approximate surface area is 94.8 Å². The average Bonchev–Trinajstić information content (AvgIpc) is 2.31. The molecule has 1 unspecified atom stereocenters. The highest BCUT2D eigenvalue weighted by molar-refractivity contribution is 5.29. The summed E-state index contributed by atoms with van der Waals surface area (Å²) in [7, 11) is 1.92. The number of nitrogens with zero attached hydrogens (tertiary/aromatic N) is 3. The third-order valence-corrected chi connectivity index (χ3v) is 2.46. The molecule has 0 spiro atoms. The van der Waals surface area contributed by atoms with Crippen LogP contribution >= 0.6 is 0 Å². The van der Waals surface area contributed by atoms with Gasteiger partial charge in [0.15, 0.2) is 0 Å². The Morgan fingerprint density at radius 3 is 2.62 bits per heavy atom. The second kappa shape index (κ2) is 4.81. The van der Waals surface area contributed by atoms with Gasteiger partial charge in [-0.05, 0) is 36.7 Å². The predicted molar refractivity (Wildman–Crippen MR) is 61.9 cm³/mol. The van der Waals surface area contributed by atoms with E-state index in [1.165, 1.54) is 0 Å². The van der Waals surface area contributed by atoms with E-state index in [0.29, 0.717) is 0 Å². The first-order chi connectivity index (χ1) is 7.81. The van der Waals surface area contributed by atoms with Crippen molar-refractivity contribution in [1.29, 1.82) is 0 Å². The fourth-order valence-corrected chi connectivity index (χ4v) is 1.73. The lowest BCUT2D eigenvalue weighted by molar-refractivity contribution is 0.681. The summed E-state index contributed by atoms with van der Waals surface area (Å²) >= 11 is 0. The van der Waals surface area contributed by atoms with Crippen LogP contribution in [-0.2, 0) is 0 Å². The van der Waals surface area contributed by atoms with Crippen LogP contribution in [0.1, 0.15) is 22.7 Å². The number of aryl methyl sites for hydroxylation is 1. The molecule has 0 radical (unpaired) electrons. The Morgan fingerprint density at radius 2 is 2.00 bits per heavy atom. The van der Waals surface area contributed by atoms with E-state index in [-0.39, 0.29) is 6.04 Å². The van der Waals surface area contributed by atoms with Crippen molar-refractivity contribution in [2.24, 2.45) is 0 Å². The van der Waals surface area contributed by atoms with Crippen LogP contribution in [0.25, 0.3) is 0 Å². The highest BCUT2D eigenvalue weighted by atomic mass is 15.1. The van der Waals surface area contributed by atoms with Gasteiger partial charge in [0.25, 0.3) is 0 Å². The lowest BCUT2D eigenvalue weighted by atomic mass is 10.0. The minimum absolute atomic E-state index is 0.114. The van der Waals surface area contributed by atoms with Crippen molar-refractivity contribution in [3.63, 3.8) is 0 Å². The molecule has 4 nitrogen and oxygen atoms in total. The number of hydrogen-bond acceptors (Lipinski definition) is 4. The zero-order valence-electron chi connectivity index (χ0n) is 9.38. The molecule has 2 heterocycles. The molecule has 0 aromatic carbocycles. The van der Waals surface area contributed by atoms with Crippen LogP contribution in [0.5, 0.6) is 0 Å². The molecule has 1 atom stereocenters. The van der Waals surface area contributed by atoms with Gasteiger partial charge in [-0.2, -0.15) is 10.2 Å². The van der Waals surface area contributed by atoms with Crippen LogP contribution in [0.15, 0.2) is 36.9 Å². The highest BCUT2D eigenvalue weighted by Crippen LogP contribution is 2.20. The van der Waals surface area contributed by atoms with Gasteiger partial charge in [-0.25, -0.2) is 0 Å². The summed E-state index contributed by atoms with van der Waals surface area (Å²) in [4.78, 5) is 4.20. The summed E-state index contributed by atoms with van der Waals surface area (Å²) in [5, 5.41) is 10.9. The Hall–Kier alpha value is -1.81. The zero-order valence-corrected chi connectivity index (χ0v) is 9.38. The molecule has 0 amide bonds. The van der Waals surface area contributed by atoms with Gasteiger partial charge in [0.05, 0.1) is 12.2 Å². The van der Waals surface area contributed by atoms with Crippen molar-refractivity contribution >= 4 is 0 Å². The Kier molecular flexibility index (Phi) is 3.22. The third kappa shape index (κ3) is 2.23. The summed E-state index contributed by atoms with van der Waals surface area (Å²) < 4.78 is 0. The van der Waals surface area contributed by atoms with Gasteiger partial charge in [0.2, 0.25) is 0 Å². The number of nitrogens with one attached hydrogen (secondary N) is 1. The van der Waals surface area contributed by atoms with Gasteiger partial charge in [-0.15, -0.1) is 0 Å². The highest BCUT2D eigenvalue weighted by Gasteiger charge is 2.12. The first-order valence-electron chi connectivity index (χ1n) is 5.16. The first-order valence-corrected chi connectivity index (χ1v) is 5.16. The molecule has 0 bridgehead atoms. The molecule has 2 rings (SSSR count). The Balaban J connectivity index is 2.37. The van der Waals surface area contributed by atoms with Crippen molar-refractivity contribution in [2.45, 2.75) is 13.0 Å². The van der Waals surface area contributed by atoms with Gasteiger partial charge >= 0.3 is 0 Å². The Bertz CT molecular complexity index is 456. The molecule has 0 aliphatic rings. The van der Waals surface area contributed by atoms with Gasteiger partial charge in [-0.1, -0.05) is 6.07 Å². The number of rotatable bonds is 3. The van der Waals surface area contributed by atoms with Gasteiger partial charge < -0.3 is 5.32 Å². The minimum atomic E-state index is 0.114. The topological polar surface area (TPSA) is 50.7 Å². The van der Waals surface area contributed by atoms with Crippen LogP contribution in [0.2, 0.25) is 0 Å². The van der Waals surface area contributed by atoms with E-state index >= 15 is 0 Å². The average molecular weight is 214 g/mol. The van der Waals surface area contributed by atoms with E-state index in [2.05, 4.69) is 26.6 Å². The van der Waals surface area contributed by atoms with Crippen LogP contribution in [0.3, 0.4) is 0 Å². The molecule has 2 aromatic rings. The molecule has 0 fully saturated rings. The number of pyridine rings is 1. The lowest BCUT2D eigenvalue weighted by Crippen LogP contribution is -2.18. The van der Waals surface area contributed by atoms with Crippen molar-refractivity contribution in [1.82, 2.24) is 20.5 Å². The second-order valence-electron chi connectivity index (χ2n) is 3.69. The lowest BCUT2D eigenvalue weighted by Gasteiger charge is -2.16. The van der Waals surface area contributed by atoms with E-state index < -0.39 is 0 Å².